The summed E-state index contributed by atoms with van der Waals surface area (Å²) in [7, 11) is 1.73. The van der Waals surface area contributed by atoms with E-state index in [9.17, 15) is 19.4 Å². The Morgan fingerprint density at radius 2 is 1.81 bits per heavy atom. The zero-order valence-corrected chi connectivity index (χ0v) is 18.7. The average molecular weight is 434 g/mol. The second-order valence-electron chi connectivity index (χ2n) is 7.14. The molecular weight excluding hydrogens is 401 g/mol. The van der Waals surface area contributed by atoms with Gasteiger partial charge in [-0.05, 0) is 30.2 Å². The fourth-order valence-corrected chi connectivity index (χ4v) is 2.87. The number of hydrogen-bond acceptors (Lipinski definition) is 6. The Labute approximate surface area is 182 Å². The van der Waals surface area contributed by atoms with Gasteiger partial charge in [0.2, 0.25) is 0 Å². The molecule has 2 atom stereocenters. The minimum Gasteiger partial charge on any atom is -0.481 e. The van der Waals surface area contributed by atoms with Crippen LogP contribution in [0.1, 0.15) is 46.1 Å². The Balaban J connectivity index is 0.00000233. The van der Waals surface area contributed by atoms with Crippen LogP contribution in [-0.4, -0.2) is 57.6 Å². The third kappa shape index (κ3) is 8.43. The number of nitrogens with zero attached hydrogens (tertiary/aromatic N) is 3. The number of halogens is 1. The maximum atomic E-state index is 13.4. The zero-order valence-electron chi connectivity index (χ0n) is 18.7. The average Bonchev–Trinajstić information content (AvgIpc) is 2.86. The highest BCUT2D eigenvalue weighted by Gasteiger charge is 2.20. The highest BCUT2D eigenvalue weighted by Crippen LogP contribution is 2.25. The van der Waals surface area contributed by atoms with Crippen molar-refractivity contribution >= 4 is 18.0 Å². The maximum Gasteiger partial charge on any atom is 0.305 e. The number of hydrazone groups is 1. The Bertz CT molecular complexity index is 845. The lowest BCUT2D eigenvalue weighted by molar-refractivity contribution is -0.139. The van der Waals surface area contributed by atoms with Crippen LogP contribution in [0.3, 0.4) is 0 Å². The molecule has 0 aromatic heterocycles. The highest BCUT2D eigenvalue weighted by molar-refractivity contribution is 6.15. The van der Waals surface area contributed by atoms with E-state index >= 15 is 0 Å². The largest absolute Gasteiger partial charge is 0.481 e. The van der Waals surface area contributed by atoms with Gasteiger partial charge in [-0.25, -0.2) is 9.38 Å². The molecule has 170 valence electrons. The van der Waals surface area contributed by atoms with Crippen molar-refractivity contribution < 1.29 is 24.5 Å². The molecule has 7 nitrogen and oxygen atoms in total. The van der Waals surface area contributed by atoms with Crippen LogP contribution in [0.15, 0.2) is 57.8 Å². The summed E-state index contributed by atoms with van der Waals surface area (Å²) in [6, 6.07) is 5.92. The Morgan fingerprint density at radius 1 is 1.19 bits per heavy atom. The van der Waals surface area contributed by atoms with Crippen LogP contribution in [0.2, 0.25) is 0 Å². The summed E-state index contributed by atoms with van der Waals surface area (Å²) in [5, 5.41) is 34.7. The molecule has 0 bridgehead atoms. The lowest BCUT2D eigenvalue weighted by atomic mass is 9.95. The second kappa shape index (κ2) is 12.8. The van der Waals surface area contributed by atoms with Crippen molar-refractivity contribution in [1.82, 2.24) is 5.01 Å². The molecular formula is C23H32FN3O4. The van der Waals surface area contributed by atoms with Gasteiger partial charge in [0, 0.05) is 24.6 Å². The number of carboxylic acids is 1. The van der Waals surface area contributed by atoms with Crippen molar-refractivity contribution in [1.29, 1.82) is 0 Å². The van der Waals surface area contributed by atoms with Crippen LogP contribution in [0.5, 0.6) is 0 Å². The van der Waals surface area contributed by atoms with Crippen LogP contribution in [-0.2, 0) is 4.79 Å². The molecule has 0 amide bonds. The first-order valence-electron chi connectivity index (χ1n) is 10.3. The predicted octanol–water partition coefficient (Wildman–Crippen LogP) is 3.58. The summed E-state index contributed by atoms with van der Waals surface area (Å²) in [6.07, 6.45) is 1.95. The minimum atomic E-state index is -1.16. The number of aliphatic hydroxyl groups excluding tert-OH is 2. The van der Waals surface area contributed by atoms with E-state index in [1.54, 1.807) is 36.6 Å². The summed E-state index contributed by atoms with van der Waals surface area (Å²) in [5.74, 6) is -1.45. The van der Waals surface area contributed by atoms with Gasteiger partial charge in [0.15, 0.2) is 0 Å². The molecule has 0 saturated heterocycles. The third-order valence-corrected chi connectivity index (χ3v) is 4.23. The van der Waals surface area contributed by atoms with E-state index in [0.29, 0.717) is 16.8 Å². The van der Waals surface area contributed by atoms with Crippen LogP contribution in [0, 0.1) is 11.7 Å². The van der Waals surface area contributed by atoms with E-state index in [4.69, 9.17) is 5.11 Å². The SMILES string of the molecule is CC.CC(C)C1=C(/C=C/[C@@H](O)C[C@@H](O)CC(=O)O)C(c2ccc(F)cc2)=NN(C)C=N1. The highest BCUT2D eigenvalue weighted by atomic mass is 19.1. The van der Waals surface area contributed by atoms with Crippen molar-refractivity contribution in [2.75, 3.05) is 7.05 Å². The number of carboxylic acid groups (broad SMARTS) is 1. The first-order chi connectivity index (χ1) is 14.7. The molecule has 1 aliphatic rings. The number of benzene rings is 1. The number of aliphatic hydroxyl groups is 2. The quantitative estimate of drug-likeness (QED) is 0.581. The van der Waals surface area contributed by atoms with E-state index in [-0.39, 0.29) is 18.2 Å². The molecule has 0 aliphatic carbocycles. The topological polar surface area (TPSA) is 106 Å². The van der Waals surface area contributed by atoms with Crippen molar-refractivity contribution in [3.63, 3.8) is 0 Å². The standard InChI is InChI=1S/C21H26FN3O4.C2H6/c1-13(2)20-18(9-8-16(26)10-17(27)11-19(28)29)21(24-25(3)12-23-20)14-4-6-15(22)7-5-14;1-2/h4-9,12-13,16-17,26-27H,10-11H2,1-3H3,(H,28,29);1-2H3/b9-8+;/t16-,17-;/m1./s1. The Hall–Kier alpha value is -2.84. The third-order valence-electron chi connectivity index (χ3n) is 4.23. The van der Waals surface area contributed by atoms with Crippen LogP contribution in [0.4, 0.5) is 4.39 Å². The van der Waals surface area contributed by atoms with E-state index in [0.717, 1.165) is 5.70 Å². The lowest BCUT2D eigenvalue weighted by Crippen LogP contribution is -2.19. The van der Waals surface area contributed by atoms with Gasteiger partial charge in [0.1, 0.15) is 12.2 Å². The predicted molar refractivity (Wildman–Crippen MR) is 120 cm³/mol. The molecule has 0 radical (unpaired) electrons. The van der Waals surface area contributed by atoms with Gasteiger partial charge in [-0.1, -0.05) is 39.8 Å². The number of hydrogen-bond donors (Lipinski definition) is 3. The van der Waals surface area contributed by atoms with Gasteiger partial charge in [0.25, 0.3) is 0 Å². The summed E-state index contributed by atoms with van der Waals surface area (Å²) in [4.78, 5) is 15.2. The molecule has 8 heteroatoms. The van der Waals surface area contributed by atoms with E-state index in [2.05, 4.69) is 10.1 Å². The van der Waals surface area contributed by atoms with E-state index < -0.39 is 24.6 Å². The van der Waals surface area contributed by atoms with Crippen molar-refractivity contribution in [3.05, 3.63) is 59.1 Å². The summed E-state index contributed by atoms with van der Waals surface area (Å²) in [5.41, 5.74) is 2.62. The Kier molecular flexibility index (Phi) is 10.8. The molecule has 1 aromatic carbocycles. The van der Waals surface area contributed by atoms with Gasteiger partial charge in [-0.2, -0.15) is 5.10 Å². The maximum absolute atomic E-state index is 13.4. The molecule has 1 aromatic rings. The lowest BCUT2D eigenvalue weighted by Gasteiger charge is -2.15. The number of rotatable bonds is 8. The van der Waals surface area contributed by atoms with Crippen molar-refractivity contribution in [2.45, 2.75) is 52.7 Å². The molecule has 0 fully saturated rings. The molecule has 2 rings (SSSR count). The van der Waals surface area contributed by atoms with Gasteiger partial charge < -0.3 is 15.3 Å². The number of carbonyl (C=O) groups is 1. The van der Waals surface area contributed by atoms with Gasteiger partial charge in [-0.15, -0.1) is 0 Å². The smallest absolute Gasteiger partial charge is 0.305 e. The molecule has 0 spiro atoms. The summed E-state index contributed by atoms with van der Waals surface area (Å²) >= 11 is 0. The van der Waals surface area contributed by atoms with E-state index in [1.165, 1.54) is 18.2 Å². The molecule has 3 N–H and O–H groups in total. The fourth-order valence-electron chi connectivity index (χ4n) is 2.87. The van der Waals surface area contributed by atoms with Gasteiger partial charge in [0.05, 0.1) is 30.0 Å². The zero-order chi connectivity index (χ0) is 23.6. The molecule has 31 heavy (non-hydrogen) atoms. The minimum absolute atomic E-state index is 0.0396. The van der Waals surface area contributed by atoms with Gasteiger partial charge >= 0.3 is 5.97 Å². The monoisotopic (exact) mass is 433 g/mol. The molecule has 0 unspecified atom stereocenters. The summed E-state index contributed by atoms with van der Waals surface area (Å²) in [6.45, 7) is 7.95. The first-order valence-corrected chi connectivity index (χ1v) is 10.3. The fraction of sp³-hybridized carbons (Fsp3) is 0.435. The number of allylic oxidation sites excluding steroid dienone is 3. The van der Waals surface area contributed by atoms with E-state index in [1.807, 2.05) is 27.7 Å². The molecule has 1 heterocycles. The molecule has 0 saturated carbocycles. The first kappa shape index (κ1) is 26.2. The molecule has 1 aliphatic heterocycles. The van der Waals surface area contributed by atoms with Crippen LogP contribution in [0.25, 0.3) is 0 Å². The Morgan fingerprint density at radius 3 is 2.35 bits per heavy atom. The van der Waals surface area contributed by atoms with Crippen LogP contribution >= 0.6 is 0 Å². The summed E-state index contributed by atoms with van der Waals surface area (Å²) < 4.78 is 13.4. The van der Waals surface area contributed by atoms with Gasteiger partial charge in [-0.3, -0.25) is 9.80 Å². The van der Waals surface area contributed by atoms with Crippen molar-refractivity contribution in [2.24, 2.45) is 16.0 Å². The second-order valence-corrected chi connectivity index (χ2v) is 7.14. The number of aliphatic carboxylic acids is 1. The normalized spacial score (nSPS) is 16.0. The number of aliphatic imine (C=N–C) groups is 1. The van der Waals surface area contributed by atoms with Crippen LogP contribution < -0.4 is 0 Å². The van der Waals surface area contributed by atoms with Crippen molar-refractivity contribution in [3.8, 4) is 0 Å².